The lowest BCUT2D eigenvalue weighted by molar-refractivity contribution is -0.153. The highest BCUT2D eigenvalue weighted by Gasteiger charge is 2.28. The molecule has 0 amide bonds. The van der Waals surface area contributed by atoms with Gasteiger partial charge < -0.3 is 19.6 Å². The molecule has 3 aromatic rings. The summed E-state index contributed by atoms with van der Waals surface area (Å²) in [6, 6.07) is 9.48. The Morgan fingerprint density at radius 1 is 1.04 bits per heavy atom. The smallest absolute Gasteiger partial charge is 0.422 e. The maximum Gasteiger partial charge on any atom is 0.422 e. The first kappa shape index (κ1) is 18.9. The highest BCUT2D eigenvalue weighted by atomic mass is 19.4. The number of alkyl halides is 5. The Labute approximate surface area is 149 Å². The minimum Gasteiger partial charge on any atom is -0.484 e. The molecule has 10 heteroatoms. The van der Waals surface area contributed by atoms with Crippen molar-refractivity contribution in [2.24, 2.45) is 0 Å². The van der Waals surface area contributed by atoms with Crippen molar-refractivity contribution >= 4 is 11.0 Å². The van der Waals surface area contributed by atoms with E-state index >= 15 is 0 Å². The maximum atomic E-state index is 12.3. The van der Waals surface area contributed by atoms with Crippen LogP contribution < -0.4 is 9.47 Å². The molecule has 1 atom stereocenters. The molecule has 0 aliphatic heterocycles. The van der Waals surface area contributed by atoms with E-state index in [0.717, 1.165) is 0 Å². The summed E-state index contributed by atoms with van der Waals surface area (Å²) in [5.74, 6) is 0.0704. The average molecular weight is 388 g/mol. The van der Waals surface area contributed by atoms with E-state index in [-0.39, 0.29) is 17.3 Å². The largest absolute Gasteiger partial charge is 0.484 e. The van der Waals surface area contributed by atoms with Gasteiger partial charge >= 0.3 is 12.8 Å². The lowest BCUT2D eigenvalue weighted by atomic mass is 10.1. The Morgan fingerprint density at radius 3 is 2.33 bits per heavy atom. The summed E-state index contributed by atoms with van der Waals surface area (Å²) in [6.07, 6.45) is -5.65. The number of halogens is 5. The molecule has 1 heterocycles. The topological polar surface area (TPSA) is 67.4 Å². The fourth-order valence-electron chi connectivity index (χ4n) is 2.38. The summed E-state index contributed by atoms with van der Waals surface area (Å²) in [7, 11) is 0. The number of fused-ring (bicyclic) bond motifs is 1. The fourth-order valence-corrected chi connectivity index (χ4v) is 2.38. The van der Waals surface area contributed by atoms with Crippen LogP contribution in [0, 0.1) is 0 Å². The second-order valence-electron chi connectivity index (χ2n) is 5.55. The van der Waals surface area contributed by atoms with Crippen molar-refractivity contribution in [2.45, 2.75) is 18.9 Å². The van der Waals surface area contributed by atoms with Gasteiger partial charge in [-0.05, 0) is 29.8 Å². The molecule has 1 aromatic heterocycles. The van der Waals surface area contributed by atoms with Crippen LogP contribution in [-0.4, -0.2) is 34.5 Å². The van der Waals surface area contributed by atoms with E-state index in [2.05, 4.69) is 19.4 Å². The highest BCUT2D eigenvalue weighted by Crippen LogP contribution is 2.27. The van der Waals surface area contributed by atoms with Gasteiger partial charge in [0.1, 0.15) is 23.4 Å². The van der Waals surface area contributed by atoms with Crippen molar-refractivity contribution in [1.82, 2.24) is 9.97 Å². The summed E-state index contributed by atoms with van der Waals surface area (Å²) in [6.45, 7) is -4.38. The van der Waals surface area contributed by atoms with E-state index in [9.17, 15) is 27.1 Å². The third kappa shape index (κ3) is 4.85. The molecule has 0 aliphatic rings. The van der Waals surface area contributed by atoms with Crippen LogP contribution in [0.1, 0.15) is 17.5 Å². The molecule has 0 spiro atoms. The Morgan fingerprint density at radius 2 is 1.70 bits per heavy atom. The molecule has 27 heavy (non-hydrogen) atoms. The van der Waals surface area contributed by atoms with Crippen LogP contribution in [-0.2, 0) is 0 Å². The summed E-state index contributed by atoms with van der Waals surface area (Å²) in [4.78, 5) is 6.99. The van der Waals surface area contributed by atoms with Crippen LogP contribution in [0.15, 0.2) is 42.5 Å². The number of imidazole rings is 1. The Bertz CT molecular complexity index is 909. The minimum absolute atomic E-state index is 0.00155. The third-order valence-electron chi connectivity index (χ3n) is 3.56. The molecular weight excluding hydrogens is 375 g/mol. The van der Waals surface area contributed by atoms with E-state index < -0.39 is 25.5 Å². The molecule has 1 unspecified atom stereocenters. The van der Waals surface area contributed by atoms with Gasteiger partial charge in [0.25, 0.3) is 0 Å². The Hall–Kier alpha value is -2.88. The number of nitrogens with one attached hydrogen (secondary N) is 1. The van der Waals surface area contributed by atoms with Crippen molar-refractivity contribution in [3.05, 3.63) is 53.9 Å². The first-order valence-corrected chi connectivity index (χ1v) is 7.63. The van der Waals surface area contributed by atoms with Gasteiger partial charge in [-0.3, -0.25) is 0 Å². The number of aromatic nitrogens is 2. The number of aromatic amines is 1. The second-order valence-corrected chi connectivity index (χ2v) is 5.55. The van der Waals surface area contributed by atoms with Crippen molar-refractivity contribution in [1.29, 1.82) is 0 Å². The molecule has 2 N–H and O–H groups in total. The van der Waals surface area contributed by atoms with Gasteiger partial charge in [0.2, 0.25) is 0 Å². The predicted octanol–water partition coefficient (Wildman–Crippen LogP) is 4.19. The molecule has 0 aliphatic carbocycles. The number of nitrogens with zero attached hydrogens (tertiary/aromatic N) is 1. The molecular formula is C17H13F5N2O3. The number of aliphatic hydroxyl groups is 1. The zero-order valence-electron chi connectivity index (χ0n) is 13.5. The number of benzene rings is 2. The van der Waals surface area contributed by atoms with Crippen LogP contribution in [0.3, 0.4) is 0 Å². The van der Waals surface area contributed by atoms with Crippen molar-refractivity contribution < 1.29 is 36.5 Å². The number of rotatable bonds is 6. The molecule has 0 bridgehead atoms. The van der Waals surface area contributed by atoms with E-state index in [4.69, 9.17) is 0 Å². The first-order chi connectivity index (χ1) is 12.7. The Kier molecular flexibility index (Phi) is 5.17. The SMILES string of the molecule is OC(c1ccc(OCC(F)(F)F)cc1)c1nc2cc(OC(F)F)ccc2[nH]1. The first-order valence-electron chi connectivity index (χ1n) is 7.63. The molecule has 144 valence electrons. The van der Waals surface area contributed by atoms with E-state index in [1.165, 1.54) is 42.5 Å². The molecule has 2 aromatic carbocycles. The third-order valence-corrected chi connectivity index (χ3v) is 3.56. The van der Waals surface area contributed by atoms with Crippen molar-refractivity contribution in [3.8, 4) is 11.5 Å². The standard InChI is InChI=1S/C17H13F5N2O3/c18-16(19)27-11-5-6-12-13(7-11)24-15(23-12)14(25)9-1-3-10(4-2-9)26-8-17(20,21)22/h1-7,14,16,25H,8H2,(H,23,24). The number of aliphatic hydroxyl groups excluding tert-OH is 1. The monoisotopic (exact) mass is 388 g/mol. The molecule has 0 radical (unpaired) electrons. The highest BCUT2D eigenvalue weighted by molar-refractivity contribution is 5.77. The second kappa shape index (κ2) is 7.39. The normalized spacial score (nSPS) is 13.1. The van der Waals surface area contributed by atoms with E-state index in [1.54, 1.807) is 0 Å². The summed E-state index contributed by atoms with van der Waals surface area (Å²) in [5.41, 5.74) is 1.17. The summed E-state index contributed by atoms with van der Waals surface area (Å²) in [5, 5.41) is 10.4. The van der Waals surface area contributed by atoms with E-state index in [0.29, 0.717) is 16.6 Å². The van der Waals surface area contributed by atoms with Gasteiger partial charge in [-0.15, -0.1) is 0 Å². The van der Waals surface area contributed by atoms with Gasteiger partial charge in [0, 0.05) is 6.07 Å². The molecule has 0 saturated heterocycles. The van der Waals surface area contributed by atoms with E-state index in [1.807, 2.05) is 0 Å². The zero-order chi connectivity index (χ0) is 19.6. The molecule has 3 rings (SSSR count). The fraction of sp³-hybridized carbons (Fsp3) is 0.235. The van der Waals surface area contributed by atoms with Gasteiger partial charge in [-0.25, -0.2) is 4.98 Å². The summed E-state index contributed by atoms with van der Waals surface area (Å²) < 4.78 is 69.8. The van der Waals surface area contributed by atoms with Gasteiger partial charge in [-0.1, -0.05) is 12.1 Å². The number of ether oxygens (including phenoxy) is 2. The molecule has 0 saturated carbocycles. The van der Waals surface area contributed by atoms with Crippen LogP contribution in [0.2, 0.25) is 0 Å². The van der Waals surface area contributed by atoms with Crippen molar-refractivity contribution in [2.75, 3.05) is 6.61 Å². The lowest BCUT2D eigenvalue weighted by Crippen LogP contribution is -2.19. The van der Waals surface area contributed by atoms with Gasteiger partial charge in [-0.2, -0.15) is 22.0 Å². The summed E-state index contributed by atoms with van der Waals surface area (Å²) >= 11 is 0. The number of H-pyrrole nitrogens is 1. The number of hydrogen-bond donors (Lipinski definition) is 2. The van der Waals surface area contributed by atoms with Crippen molar-refractivity contribution in [3.63, 3.8) is 0 Å². The predicted molar refractivity (Wildman–Crippen MR) is 84.8 cm³/mol. The quantitative estimate of drug-likeness (QED) is 0.622. The lowest BCUT2D eigenvalue weighted by Gasteiger charge is -2.11. The van der Waals surface area contributed by atoms with Crippen LogP contribution >= 0.6 is 0 Å². The minimum atomic E-state index is -4.45. The van der Waals surface area contributed by atoms with Crippen LogP contribution in [0.4, 0.5) is 22.0 Å². The van der Waals surface area contributed by atoms with Crippen LogP contribution in [0.5, 0.6) is 11.5 Å². The Balaban J connectivity index is 1.75. The van der Waals surface area contributed by atoms with Gasteiger partial charge in [0.05, 0.1) is 11.0 Å². The molecule has 0 fully saturated rings. The van der Waals surface area contributed by atoms with Gasteiger partial charge in [0.15, 0.2) is 6.61 Å². The zero-order valence-corrected chi connectivity index (χ0v) is 13.5. The average Bonchev–Trinajstić information content (AvgIpc) is 3.02. The number of hydrogen-bond acceptors (Lipinski definition) is 4. The van der Waals surface area contributed by atoms with Crippen LogP contribution in [0.25, 0.3) is 11.0 Å². The maximum absolute atomic E-state index is 12.3. The molecule has 5 nitrogen and oxygen atoms in total.